The van der Waals surface area contributed by atoms with E-state index in [1.54, 1.807) is 0 Å². The van der Waals surface area contributed by atoms with Gasteiger partial charge in [-0.05, 0) is 6.92 Å². The van der Waals surface area contributed by atoms with Crippen LogP contribution in [0, 0.1) is 6.92 Å². The van der Waals surface area contributed by atoms with E-state index in [2.05, 4.69) is 15.3 Å². The van der Waals surface area contributed by atoms with E-state index in [0.717, 1.165) is 22.7 Å². The van der Waals surface area contributed by atoms with Crippen LogP contribution in [-0.2, 0) is 0 Å². The first kappa shape index (κ1) is 8.23. The number of hydrogen-bond donors (Lipinski definition) is 1. The third kappa shape index (κ3) is 1.22. The van der Waals surface area contributed by atoms with E-state index in [1.165, 1.54) is 0 Å². The summed E-state index contributed by atoms with van der Waals surface area (Å²) in [7, 11) is 0. The van der Waals surface area contributed by atoms with E-state index in [0.29, 0.717) is 0 Å². The Labute approximate surface area is 86.6 Å². The monoisotopic (exact) mass is 198 g/mol. The Balaban J connectivity index is 2.27. The molecule has 0 saturated carbocycles. The number of aryl methyl sites for hydroxylation is 1. The second kappa shape index (κ2) is 2.95. The maximum Gasteiger partial charge on any atom is 0.183 e. The number of rotatable bonds is 1. The molecule has 1 N–H and O–H groups in total. The van der Waals surface area contributed by atoms with Crippen molar-refractivity contribution in [3.05, 3.63) is 42.1 Å². The van der Waals surface area contributed by atoms with E-state index in [9.17, 15) is 0 Å². The summed E-state index contributed by atoms with van der Waals surface area (Å²) in [6.45, 7) is 2.00. The van der Waals surface area contributed by atoms with Gasteiger partial charge in [0, 0.05) is 17.3 Å². The summed E-state index contributed by atoms with van der Waals surface area (Å²) in [6.07, 6.45) is 0. The van der Waals surface area contributed by atoms with Crippen molar-refractivity contribution in [1.82, 2.24) is 19.8 Å². The van der Waals surface area contributed by atoms with Crippen LogP contribution in [0.5, 0.6) is 0 Å². The smallest absolute Gasteiger partial charge is 0.183 e. The highest BCUT2D eigenvalue weighted by atomic mass is 15.4. The molecule has 3 aromatic rings. The van der Waals surface area contributed by atoms with Crippen molar-refractivity contribution >= 4 is 5.65 Å². The average Bonchev–Trinajstić information content (AvgIpc) is 2.77. The van der Waals surface area contributed by atoms with Gasteiger partial charge in [-0.15, -0.1) is 10.2 Å². The van der Waals surface area contributed by atoms with Gasteiger partial charge in [0.1, 0.15) is 0 Å². The molecule has 0 atom stereocenters. The van der Waals surface area contributed by atoms with Gasteiger partial charge in [-0.25, -0.2) is 4.52 Å². The van der Waals surface area contributed by atoms with Crippen LogP contribution in [0.4, 0.5) is 0 Å². The van der Waals surface area contributed by atoms with E-state index >= 15 is 0 Å². The normalized spacial score (nSPS) is 11.0. The molecule has 0 spiro atoms. The third-order valence-electron chi connectivity index (χ3n) is 2.35. The van der Waals surface area contributed by atoms with E-state index in [-0.39, 0.29) is 0 Å². The number of nitrogens with zero attached hydrogens (tertiary/aromatic N) is 3. The summed E-state index contributed by atoms with van der Waals surface area (Å²) in [4.78, 5) is 0. The van der Waals surface area contributed by atoms with Crippen LogP contribution in [0.3, 0.4) is 0 Å². The predicted octanol–water partition coefficient (Wildman–Crippen LogP) is 2.03. The predicted molar refractivity (Wildman–Crippen MR) is 57.5 cm³/mol. The summed E-state index contributed by atoms with van der Waals surface area (Å²) in [5.74, 6) is 0.846. The third-order valence-corrected chi connectivity index (χ3v) is 2.35. The number of H-pyrrole nitrogens is 1. The van der Waals surface area contributed by atoms with Gasteiger partial charge in [0.15, 0.2) is 11.5 Å². The van der Waals surface area contributed by atoms with Crippen LogP contribution in [-0.4, -0.2) is 19.8 Å². The lowest BCUT2D eigenvalue weighted by Crippen LogP contribution is -1.89. The fourth-order valence-corrected chi connectivity index (χ4v) is 1.68. The maximum absolute atomic E-state index is 4.15. The quantitative estimate of drug-likeness (QED) is 0.650. The zero-order chi connectivity index (χ0) is 10.3. The van der Waals surface area contributed by atoms with Crippen molar-refractivity contribution < 1.29 is 0 Å². The molecule has 0 aliphatic rings. The summed E-state index contributed by atoms with van der Waals surface area (Å²) in [5.41, 5.74) is 3.00. The summed E-state index contributed by atoms with van der Waals surface area (Å²) in [5, 5.41) is 11.4. The van der Waals surface area contributed by atoms with Gasteiger partial charge in [0.05, 0.1) is 0 Å². The average molecular weight is 198 g/mol. The number of hydrogen-bond acceptors (Lipinski definition) is 2. The van der Waals surface area contributed by atoms with E-state index in [4.69, 9.17) is 0 Å². The van der Waals surface area contributed by atoms with Crippen LogP contribution in [0.2, 0.25) is 0 Å². The molecule has 4 nitrogen and oxygen atoms in total. The highest BCUT2D eigenvalue weighted by Gasteiger charge is 2.08. The first-order chi connectivity index (χ1) is 7.34. The van der Waals surface area contributed by atoms with Gasteiger partial charge in [-0.1, -0.05) is 30.3 Å². The Hall–Kier alpha value is -2.10. The maximum atomic E-state index is 4.15. The molecule has 0 amide bonds. The highest BCUT2D eigenvalue weighted by Crippen LogP contribution is 2.17. The summed E-state index contributed by atoms with van der Waals surface area (Å²) >= 11 is 0. The molecule has 15 heavy (non-hydrogen) atoms. The Morgan fingerprint density at radius 2 is 1.93 bits per heavy atom. The molecule has 0 saturated heterocycles. The van der Waals surface area contributed by atoms with E-state index < -0.39 is 0 Å². The summed E-state index contributed by atoms with van der Waals surface area (Å²) < 4.78 is 1.89. The lowest BCUT2D eigenvalue weighted by molar-refractivity contribution is 0.938. The fourth-order valence-electron chi connectivity index (χ4n) is 1.68. The molecule has 0 fully saturated rings. The molecule has 4 heteroatoms. The second-order valence-corrected chi connectivity index (χ2v) is 3.52. The van der Waals surface area contributed by atoms with Gasteiger partial charge < -0.3 is 0 Å². The van der Waals surface area contributed by atoms with Crippen molar-refractivity contribution in [1.29, 1.82) is 0 Å². The molecule has 1 aromatic carbocycles. The molecular weight excluding hydrogens is 188 g/mol. The van der Waals surface area contributed by atoms with Crippen LogP contribution in [0.25, 0.3) is 17.0 Å². The van der Waals surface area contributed by atoms with Crippen LogP contribution in [0.1, 0.15) is 5.69 Å². The standard InChI is InChI=1S/C11H10N4/c1-8-7-10-12-13-11(15(10)14-8)9-5-3-2-4-6-9/h2-7,14H,1H3. The zero-order valence-corrected chi connectivity index (χ0v) is 8.31. The van der Waals surface area contributed by atoms with Gasteiger partial charge in [-0.2, -0.15) is 0 Å². The summed E-state index contributed by atoms with van der Waals surface area (Å²) in [6, 6.07) is 12.0. The molecule has 0 aliphatic carbocycles. The Morgan fingerprint density at radius 3 is 2.73 bits per heavy atom. The zero-order valence-electron chi connectivity index (χ0n) is 8.31. The second-order valence-electron chi connectivity index (χ2n) is 3.52. The molecule has 2 aromatic heterocycles. The van der Waals surface area contributed by atoms with Crippen molar-refractivity contribution in [3.8, 4) is 11.4 Å². The first-order valence-electron chi connectivity index (χ1n) is 4.81. The van der Waals surface area contributed by atoms with Crippen molar-refractivity contribution in [3.63, 3.8) is 0 Å². The van der Waals surface area contributed by atoms with Crippen LogP contribution in [0.15, 0.2) is 36.4 Å². The highest BCUT2D eigenvalue weighted by molar-refractivity contribution is 5.58. The minimum absolute atomic E-state index is 0.846. The van der Waals surface area contributed by atoms with Gasteiger partial charge in [0.25, 0.3) is 0 Å². The number of fused-ring (bicyclic) bond motifs is 1. The van der Waals surface area contributed by atoms with Crippen molar-refractivity contribution in [2.45, 2.75) is 6.92 Å². The Morgan fingerprint density at radius 1 is 1.13 bits per heavy atom. The van der Waals surface area contributed by atoms with Gasteiger partial charge in [0.2, 0.25) is 0 Å². The minimum atomic E-state index is 0.846. The Bertz CT molecular complexity index is 591. The molecule has 0 bridgehead atoms. The molecule has 0 radical (unpaired) electrons. The molecule has 0 unspecified atom stereocenters. The first-order valence-corrected chi connectivity index (χ1v) is 4.81. The van der Waals surface area contributed by atoms with Gasteiger partial charge in [-0.3, -0.25) is 5.10 Å². The molecule has 2 heterocycles. The number of benzene rings is 1. The lowest BCUT2D eigenvalue weighted by atomic mass is 10.2. The topological polar surface area (TPSA) is 46.0 Å². The number of aromatic nitrogens is 4. The number of nitrogens with one attached hydrogen (secondary N) is 1. The Kier molecular flexibility index (Phi) is 1.62. The largest absolute Gasteiger partial charge is 0.295 e. The SMILES string of the molecule is Cc1cc2nnc(-c3ccccc3)n2[nH]1. The van der Waals surface area contributed by atoms with Crippen molar-refractivity contribution in [2.24, 2.45) is 0 Å². The molecule has 0 aliphatic heterocycles. The van der Waals surface area contributed by atoms with E-state index in [1.807, 2.05) is 47.8 Å². The number of aromatic amines is 1. The lowest BCUT2D eigenvalue weighted by Gasteiger charge is -1.96. The molecule has 74 valence electrons. The van der Waals surface area contributed by atoms with Crippen molar-refractivity contribution in [2.75, 3.05) is 0 Å². The minimum Gasteiger partial charge on any atom is -0.295 e. The molecular formula is C11H10N4. The molecule has 3 rings (SSSR count). The van der Waals surface area contributed by atoms with Crippen LogP contribution >= 0.6 is 0 Å². The van der Waals surface area contributed by atoms with Gasteiger partial charge >= 0.3 is 0 Å². The van der Waals surface area contributed by atoms with Crippen LogP contribution < -0.4 is 0 Å². The fraction of sp³-hybridized carbons (Fsp3) is 0.0909.